The van der Waals surface area contributed by atoms with E-state index in [-0.39, 0.29) is 12.0 Å². The molecular weight excluding hydrogens is 290 g/mol. The molecule has 1 aromatic carbocycles. The molecule has 0 aliphatic carbocycles. The van der Waals surface area contributed by atoms with Gasteiger partial charge in [-0.1, -0.05) is 26.0 Å². The largest absolute Gasteiger partial charge is 0.487 e. The molecule has 5 nitrogen and oxygen atoms in total. The third-order valence-corrected chi connectivity index (χ3v) is 4.06. The number of rotatable bonds is 4. The van der Waals surface area contributed by atoms with E-state index in [4.69, 9.17) is 4.74 Å². The molecule has 1 atom stereocenters. The van der Waals surface area contributed by atoms with Crippen LogP contribution in [-0.4, -0.2) is 28.1 Å². The number of aromatic nitrogens is 2. The summed E-state index contributed by atoms with van der Waals surface area (Å²) in [5.74, 6) is 2.28. The first kappa shape index (κ1) is 15.6. The lowest BCUT2D eigenvalue weighted by Crippen LogP contribution is -2.42. The topological polar surface area (TPSA) is 47.4 Å². The van der Waals surface area contributed by atoms with Gasteiger partial charge in [0.25, 0.3) is 0 Å². The second-order valence-corrected chi connectivity index (χ2v) is 6.28. The molecule has 1 aliphatic heterocycles. The Labute approximate surface area is 136 Å². The van der Waals surface area contributed by atoms with Crippen molar-refractivity contribution in [3.63, 3.8) is 0 Å². The van der Waals surface area contributed by atoms with E-state index in [1.165, 1.54) is 0 Å². The Morgan fingerprint density at radius 1 is 1.39 bits per heavy atom. The molecule has 0 fully saturated rings. The van der Waals surface area contributed by atoms with Crippen molar-refractivity contribution in [3.05, 3.63) is 42.5 Å². The van der Waals surface area contributed by atoms with Crippen LogP contribution in [0.3, 0.4) is 0 Å². The molecule has 1 unspecified atom stereocenters. The van der Waals surface area contributed by atoms with E-state index in [1.807, 2.05) is 42.3 Å². The first-order valence-electron chi connectivity index (χ1n) is 8.13. The number of fused-ring (bicyclic) bond motifs is 1. The Balaban J connectivity index is 1.72. The van der Waals surface area contributed by atoms with Crippen LogP contribution in [0.2, 0.25) is 0 Å². The highest BCUT2D eigenvalue weighted by molar-refractivity contribution is 5.95. The molecule has 2 aromatic rings. The normalized spacial score (nSPS) is 17.0. The quantitative estimate of drug-likeness (QED) is 0.871. The van der Waals surface area contributed by atoms with Gasteiger partial charge in [-0.15, -0.1) is 0 Å². The number of para-hydroxylation sites is 2. The molecule has 1 aromatic heterocycles. The van der Waals surface area contributed by atoms with Crippen LogP contribution in [0.1, 0.15) is 38.9 Å². The Morgan fingerprint density at radius 3 is 2.96 bits per heavy atom. The van der Waals surface area contributed by atoms with Gasteiger partial charge in [-0.2, -0.15) is 0 Å². The molecule has 0 bridgehead atoms. The minimum Gasteiger partial charge on any atom is -0.487 e. The summed E-state index contributed by atoms with van der Waals surface area (Å²) < 4.78 is 7.87. The number of carbonyl (C=O) groups excluding carboxylic acids is 1. The number of benzene rings is 1. The van der Waals surface area contributed by atoms with Crippen LogP contribution in [0.25, 0.3) is 0 Å². The van der Waals surface area contributed by atoms with Crippen LogP contribution in [0.4, 0.5) is 5.69 Å². The fourth-order valence-corrected chi connectivity index (χ4v) is 2.99. The van der Waals surface area contributed by atoms with Gasteiger partial charge in [-0.3, -0.25) is 4.79 Å². The lowest BCUT2D eigenvalue weighted by Gasteiger charge is -2.33. The number of hydrogen-bond acceptors (Lipinski definition) is 3. The molecule has 3 rings (SSSR count). The molecule has 122 valence electrons. The molecule has 1 amide bonds. The van der Waals surface area contributed by atoms with Crippen LogP contribution in [0.5, 0.6) is 5.75 Å². The minimum atomic E-state index is 0.00770. The maximum atomic E-state index is 12.7. The Morgan fingerprint density at radius 2 is 2.17 bits per heavy atom. The second-order valence-electron chi connectivity index (χ2n) is 6.28. The summed E-state index contributed by atoms with van der Waals surface area (Å²) in [6.45, 7) is 7.46. The minimum absolute atomic E-state index is 0.00770. The molecule has 5 heteroatoms. The average molecular weight is 313 g/mol. The number of anilines is 1. The van der Waals surface area contributed by atoms with Crippen LogP contribution in [-0.2, 0) is 11.3 Å². The van der Waals surface area contributed by atoms with Crippen molar-refractivity contribution in [1.29, 1.82) is 0 Å². The molecular formula is C18H23N3O2. The van der Waals surface area contributed by atoms with E-state index < -0.39 is 0 Å². The van der Waals surface area contributed by atoms with Crippen LogP contribution < -0.4 is 9.64 Å². The van der Waals surface area contributed by atoms with Gasteiger partial charge in [0.05, 0.1) is 12.2 Å². The van der Waals surface area contributed by atoms with Gasteiger partial charge in [0, 0.05) is 31.3 Å². The van der Waals surface area contributed by atoms with E-state index in [1.54, 1.807) is 6.20 Å². The van der Waals surface area contributed by atoms with E-state index >= 15 is 0 Å². The molecule has 23 heavy (non-hydrogen) atoms. The van der Waals surface area contributed by atoms with Gasteiger partial charge in [0.2, 0.25) is 5.91 Å². The van der Waals surface area contributed by atoms with Crippen molar-refractivity contribution in [3.8, 4) is 5.75 Å². The van der Waals surface area contributed by atoms with Crippen molar-refractivity contribution >= 4 is 11.6 Å². The highest BCUT2D eigenvalue weighted by atomic mass is 16.5. The van der Waals surface area contributed by atoms with Crippen LogP contribution in [0, 0.1) is 0 Å². The van der Waals surface area contributed by atoms with E-state index in [9.17, 15) is 4.79 Å². The maximum absolute atomic E-state index is 12.7. The summed E-state index contributed by atoms with van der Waals surface area (Å²) in [6.07, 6.45) is 4.20. The molecule has 1 aliphatic rings. The molecule has 0 saturated carbocycles. The number of nitrogens with zero attached hydrogens (tertiary/aromatic N) is 3. The highest BCUT2D eigenvalue weighted by Crippen LogP contribution is 2.33. The van der Waals surface area contributed by atoms with Crippen molar-refractivity contribution in [1.82, 2.24) is 9.55 Å². The van der Waals surface area contributed by atoms with Crippen LogP contribution in [0.15, 0.2) is 36.7 Å². The molecule has 0 radical (unpaired) electrons. The summed E-state index contributed by atoms with van der Waals surface area (Å²) in [5.41, 5.74) is 0.866. The van der Waals surface area contributed by atoms with E-state index in [0.29, 0.717) is 25.4 Å². The Bertz CT molecular complexity index is 693. The van der Waals surface area contributed by atoms with Gasteiger partial charge in [-0.25, -0.2) is 4.98 Å². The summed E-state index contributed by atoms with van der Waals surface area (Å²) >= 11 is 0. The van der Waals surface area contributed by atoms with Gasteiger partial charge in [0.1, 0.15) is 17.7 Å². The maximum Gasteiger partial charge on any atom is 0.229 e. The van der Waals surface area contributed by atoms with Crippen molar-refractivity contribution in [2.45, 2.75) is 45.8 Å². The standard InChI is InChI=1S/C18H23N3O2/c1-13(2)18-19-9-11-20(18)10-8-17(22)21-12-14(3)23-16-7-5-4-6-15(16)21/h4-7,9,11,13-14H,8,10,12H2,1-3H3. The average Bonchev–Trinajstić information content (AvgIpc) is 3.00. The second kappa shape index (κ2) is 6.44. The fraction of sp³-hybridized carbons (Fsp3) is 0.444. The van der Waals surface area contributed by atoms with Crippen molar-refractivity contribution in [2.24, 2.45) is 0 Å². The fourth-order valence-electron chi connectivity index (χ4n) is 2.99. The zero-order valence-electron chi connectivity index (χ0n) is 13.9. The summed E-state index contributed by atoms with van der Waals surface area (Å²) in [6, 6.07) is 7.72. The number of ether oxygens (including phenoxy) is 1. The number of carbonyl (C=O) groups is 1. The summed E-state index contributed by atoms with van der Waals surface area (Å²) in [4.78, 5) is 18.9. The lowest BCUT2D eigenvalue weighted by molar-refractivity contribution is -0.119. The molecule has 0 spiro atoms. The molecule has 0 saturated heterocycles. The van der Waals surface area contributed by atoms with Gasteiger partial charge in [-0.05, 0) is 19.1 Å². The molecule has 0 N–H and O–H groups in total. The monoisotopic (exact) mass is 313 g/mol. The number of amides is 1. The predicted octanol–water partition coefficient (Wildman–Crippen LogP) is 3.21. The highest BCUT2D eigenvalue weighted by Gasteiger charge is 2.27. The van der Waals surface area contributed by atoms with Crippen molar-refractivity contribution < 1.29 is 9.53 Å². The van der Waals surface area contributed by atoms with Crippen LogP contribution >= 0.6 is 0 Å². The first-order chi connectivity index (χ1) is 11.1. The third-order valence-electron chi connectivity index (χ3n) is 4.06. The van der Waals surface area contributed by atoms with Crippen molar-refractivity contribution in [2.75, 3.05) is 11.4 Å². The van der Waals surface area contributed by atoms with Gasteiger partial charge < -0.3 is 14.2 Å². The number of aryl methyl sites for hydroxylation is 1. The van der Waals surface area contributed by atoms with E-state index in [0.717, 1.165) is 17.3 Å². The number of imidazole rings is 1. The zero-order chi connectivity index (χ0) is 16.4. The third kappa shape index (κ3) is 3.23. The van der Waals surface area contributed by atoms with E-state index in [2.05, 4.69) is 23.4 Å². The Hall–Kier alpha value is -2.30. The zero-order valence-corrected chi connectivity index (χ0v) is 13.9. The molecule has 2 heterocycles. The first-order valence-corrected chi connectivity index (χ1v) is 8.13. The summed E-state index contributed by atoms with van der Waals surface area (Å²) in [5, 5.41) is 0. The smallest absolute Gasteiger partial charge is 0.229 e. The van der Waals surface area contributed by atoms with Gasteiger partial charge >= 0.3 is 0 Å². The lowest BCUT2D eigenvalue weighted by atomic mass is 10.1. The SMILES string of the molecule is CC1CN(C(=O)CCn2ccnc2C(C)C)c2ccccc2O1. The Kier molecular flexibility index (Phi) is 4.37. The van der Waals surface area contributed by atoms with Gasteiger partial charge in [0.15, 0.2) is 0 Å². The predicted molar refractivity (Wildman–Crippen MR) is 89.8 cm³/mol. The summed E-state index contributed by atoms with van der Waals surface area (Å²) in [7, 11) is 0. The number of hydrogen-bond donors (Lipinski definition) is 0.